The summed E-state index contributed by atoms with van der Waals surface area (Å²) in [5.74, 6) is -2.40. The van der Waals surface area contributed by atoms with Gasteiger partial charge in [-0.15, -0.1) is 0 Å². The van der Waals surface area contributed by atoms with Gasteiger partial charge in [-0.05, 0) is 40.7 Å². The summed E-state index contributed by atoms with van der Waals surface area (Å²) in [5.41, 5.74) is 1.84. The van der Waals surface area contributed by atoms with Crippen LogP contribution in [0, 0.1) is 11.8 Å². The quantitative estimate of drug-likeness (QED) is 0.182. The number of amides is 3. The van der Waals surface area contributed by atoms with Crippen LogP contribution in [-0.2, 0) is 32.0 Å². The first-order valence-electron chi connectivity index (χ1n) is 14.3. The van der Waals surface area contributed by atoms with Crippen LogP contribution in [0.2, 0.25) is 0 Å². The molecule has 0 aromatic heterocycles. The highest BCUT2D eigenvalue weighted by molar-refractivity contribution is 5.85. The lowest BCUT2D eigenvalue weighted by molar-refractivity contribution is -0.149. The van der Waals surface area contributed by atoms with Crippen LogP contribution in [0.5, 0.6) is 0 Å². The summed E-state index contributed by atoms with van der Waals surface area (Å²) in [6.45, 7) is 5.90. The first-order valence-corrected chi connectivity index (χ1v) is 14.3. The van der Waals surface area contributed by atoms with E-state index in [4.69, 9.17) is 4.74 Å². The van der Waals surface area contributed by atoms with E-state index < -0.39 is 29.9 Å². The number of nitrogens with zero attached hydrogens (tertiary/aromatic N) is 1. The summed E-state index contributed by atoms with van der Waals surface area (Å²) in [5, 5.41) is 17.3. The van der Waals surface area contributed by atoms with E-state index in [1.807, 2.05) is 86.6 Å². The molecule has 3 aromatic carbocycles. The van der Waals surface area contributed by atoms with Gasteiger partial charge in [-0.2, -0.15) is 0 Å². The predicted octanol–water partition coefficient (Wildman–Crippen LogP) is 4.43. The summed E-state index contributed by atoms with van der Waals surface area (Å²) in [6.07, 6.45) is 1.15. The number of benzene rings is 3. The Morgan fingerprint density at radius 3 is 2.24 bits per heavy atom. The number of aliphatic carboxylic acids is 1. The molecule has 0 heterocycles. The molecular weight excluding hydrogens is 534 g/mol. The lowest BCUT2D eigenvalue weighted by Crippen LogP contribution is -2.51. The van der Waals surface area contributed by atoms with Gasteiger partial charge < -0.3 is 25.4 Å². The van der Waals surface area contributed by atoms with Gasteiger partial charge in [0.15, 0.2) is 0 Å². The lowest BCUT2D eigenvalue weighted by atomic mass is 9.98. The molecule has 0 saturated heterocycles. The van der Waals surface area contributed by atoms with Crippen LogP contribution in [0.4, 0.5) is 4.79 Å². The molecule has 3 N–H and O–H groups in total. The second kappa shape index (κ2) is 16.1. The fourth-order valence-corrected chi connectivity index (χ4v) is 4.75. The van der Waals surface area contributed by atoms with Gasteiger partial charge in [0.2, 0.25) is 5.91 Å². The van der Waals surface area contributed by atoms with Gasteiger partial charge in [-0.1, -0.05) is 86.6 Å². The minimum Gasteiger partial charge on any atom is -0.480 e. The molecule has 1 unspecified atom stereocenters. The van der Waals surface area contributed by atoms with E-state index in [1.165, 1.54) is 11.8 Å². The van der Waals surface area contributed by atoms with Crippen LogP contribution in [0.1, 0.15) is 38.3 Å². The zero-order valence-electron chi connectivity index (χ0n) is 24.5. The maximum atomic E-state index is 13.5. The monoisotopic (exact) mass is 575 g/mol. The number of esters is 1. The number of ether oxygens (including phenoxy) is 1. The number of urea groups is 1. The number of rotatable bonds is 15. The average molecular weight is 576 g/mol. The van der Waals surface area contributed by atoms with E-state index in [2.05, 4.69) is 10.6 Å². The van der Waals surface area contributed by atoms with Gasteiger partial charge in [0, 0.05) is 26.4 Å². The topological polar surface area (TPSA) is 125 Å². The summed E-state index contributed by atoms with van der Waals surface area (Å²) in [4.78, 5) is 51.5. The van der Waals surface area contributed by atoms with Crippen LogP contribution < -0.4 is 10.6 Å². The number of hydrogen-bond donors (Lipinski definition) is 3. The summed E-state index contributed by atoms with van der Waals surface area (Å²) in [7, 11) is 0. The normalized spacial score (nSPS) is 12.4. The van der Waals surface area contributed by atoms with Gasteiger partial charge in [0.1, 0.15) is 12.6 Å². The van der Waals surface area contributed by atoms with Gasteiger partial charge >= 0.3 is 18.0 Å². The minimum atomic E-state index is -1.15. The van der Waals surface area contributed by atoms with E-state index in [0.29, 0.717) is 19.4 Å². The molecular formula is C33H41N3O6. The number of hydrogen-bond acceptors (Lipinski definition) is 5. The van der Waals surface area contributed by atoms with E-state index in [9.17, 15) is 24.3 Å². The van der Waals surface area contributed by atoms with Crippen molar-refractivity contribution >= 4 is 34.6 Å². The Morgan fingerprint density at radius 2 is 1.57 bits per heavy atom. The first kappa shape index (κ1) is 32.1. The van der Waals surface area contributed by atoms with Crippen molar-refractivity contribution in [3.8, 4) is 0 Å². The van der Waals surface area contributed by atoms with E-state index >= 15 is 0 Å². The van der Waals surface area contributed by atoms with Crippen LogP contribution in [0.25, 0.3) is 10.8 Å². The van der Waals surface area contributed by atoms with Crippen molar-refractivity contribution in [2.24, 2.45) is 11.8 Å². The van der Waals surface area contributed by atoms with Crippen molar-refractivity contribution in [3.63, 3.8) is 0 Å². The van der Waals surface area contributed by atoms with Crippen molar-refractivity contribution in [1.29, 1.82) is 0 Å². The van der Waals surface area contributed by atoms with Crippen molar-refractivity contribution in [1.82, 2.24) is 15.5 Å². The molecule has 3 aromatic rings. The molecule has 0 saturated carbocycles. The Hall–Kier alpha value is -4.40. The number of aryl methyl sites for hydroxylation is 1. The largest absolute Gasteiger partial charge is 0.480 e. The molecule has 2 atom stereocenters. The molecule has 9 nitrogen and oxygen atoms in total. The van der Waals surface area contributed by atoms with Gasteiger partial charge in [-0.25, -0.2) is 9.59 Å². The van der Waals surface area contributed by atoms with Crippen LogP contribution in [0.15, 0.2) is 72.8 Å². The Kier molecular flexibility index (Phi) is 12.3. The van der Waals surface area contributed by atoms with Gasteiger partial charge in [0.25, 0.3) is 0 Å². The number of fused-ring (bicyclic) bond motifs is 1. The Balaban J connectivity index is 1.74. The predicted molar refractivity (Wildman–Crippen MR) is 162 cm³/mol. The molecule has 0 aliphatic rings. The molecule has 0 radical (unpaired) electrons. The highest BCUT2D eigenvalue weighted by atomic mass is 16.5. The Labute approximate surface area is 247 Å². The fourth-order valence-electron chi connectivity index (χ4n) is 4.75. The second-order valence-corrected chi connectivity index (χ2v) is 10.9. The zero-order chi connectivity index (χ0) is 30.5. The van der Waals surface area contributed by atoms with Crippen molar-refractivity contribution in [2.75, 3.05) is 26.2 Å². The van der Waals surface area contributed by atoms with Crippen LogP contribution in [-0.4, -0.2) is 66.2 Å². The minimum absolute atomic E-state index is 0.0173. The van der Waals surface area contributed by atoms with E-state index in [1.54, 1.807) is 0 Å². The van der Waals surface area contributed by atoms with Crippen LogP contribution in [0.3, 0.4) is 0 Å². The molecule has 224 valence electrons. The zero-order valence-corrected chi connectivity index (χ0v) is 24.5. The molecule has 0 spiro atoms. The Morgan fingerprint density at radius 1 is 0.881 bits per heavy atom. The van der Waals surface area contributed by atoms with Crippen molar-refractivity contribution in [2.45, 2.75) is 46.1 Å². The molecule has 42 heavy (non-hydrogen) atoms. The third-order valence-electron chi connectivity index (χ3n) is 6.84. The molecule has 0 fully saturated rings. The van der Waals surface area contributed by atoms with Crippen molar-refractivity contribution in [3.05, 3.63) is 83.9 Å². The lowest BCUT2D eigenvalue weighted by Gasteiger charge is -2.30. The highest BCUT2D eigenvalue weighted by Gasteiger charge is 2.29. The summed E-state index contributed by atoms with van der Waals surface area (Å²) < 4.78 is 5.46. The summed E-state index contributed by atoms with van der Waals surface area (Å²) in [6, 6.07) is 21.6. The number of nitrogens with one attached hydrogen (secondary N) is 2. The average Bonchev–Trinajstić information content (AvgIpc) is 2.96. The molecule has 9 heteroatoms. The highest BCUT2D eigenvalue weighted by Crippen LogP contribution is 2.18. The fraction of sp³-hybridized carbons (Fsp3) is 0.394. The summed E-state index contributed by atoms with van der Waals surface area (Å²) >= 11 is 0. The number of carboxylic acids is 1. The standard InChI is InChI=1S/C33H41N3O6/c1-23(2)21-36(22-29(16-13-25-9-5-4-6-10-25)32(40)42-18-17-34-24(3)37)33(41)35-30(31(38)39)20-26-14-15-27-11-7-8-12-28(27)19-26/h4-12,14-15,19,23,29-30H,13,16-18,20-22H2,1-3H3,(H,34,37)(H,35,41)(H,38,39)/t29?,30-/m0/s1. The van der Waals surface area contributed by atoms with E-state index in [0.717, 1.165) is 21.9 Å². The van der Waals surface area contributed by atoms with Gasteiger partial charge in [-0.3, -0.25) is 9.59 Å². The molecule has 0 bridgehead atoms. The third kappa shape index (κ3) is 10.5. The van der Waals surface area contributed by atoms with Crippen LogP contribution >= 0.6 is 0 Å². The molecule has 0 aliphatic heterocycles. The van der Waals surface area contributed by atoms with E-state index in [-0.39, 0.29) is 37.9 Å². The molecule has 0 aliphatic carbocycles. The first-order chi connectivity index (χ1) is 20.1. The molecule has 3 rings (SSSR count). The third-order valence-corrected chi connectivity index (χ3v) is 6.84. The maximum absolute atomic E-state index is 13.5. The second-order valence-electron chi connectivity index (χ2n) is 10.9. The maximum Gasteiger partial charge on any atom is 0.326 e. The van der Waals surface area contributed by atoms with Crippen molar-refractivity contribution < 1.29 is 29.0 Å². The number of carbonyl (C=O) groups is 4. The number of carboxylic acid groups (broad SMARTS) is 1. The smallest absolute Gasteiger partial charge is 0.326 e. The molecule has 3 amide bonds. The van der Waals surface area contributed by atoms with Gasteiger partial charge in [0.05, 0.1) is 12.5 Å². The SMILES string of the molecule is CC(=O)NCCOC(=O)C(CCc1ccccc1)CN(CC(C)C)C(=O)N[C@@H](Cc1ccc2ccccc2c1)C(=O)O. The number of carbonyl (C=O) groups excluding carboxylic acids is 3. The Bertz CT molecular complexity index is 1340.